The van der Waals surface area contributed by atoms with Crippen LogP contribution < -0.4 is 10.6 Å². The van der Waals surface area contributed by atoms with E-state index < -0.39 is 5.60 Å². The van der Waals surface area contributed by atoms with Crippen molar-refractivity contribution in [2.45, 2.75) is 72.4 Å². The molecule has 0 fully saturated rings. The molecular weight excluding hydrogens is 268 g/mol. The highest BCUT2D eigenvalue weighted by molar-refractivity contribution is 5.67. The minimum Gasteiger partial charge on any atom is -0.444 e. The largest absolute Gasteiger partial charge is 0.444 e. The number of carbonyl (C=O) groups excluding carboxylic acids is 1. The molecule has 5 heteroatoms. The molecule has 2 unspecified atom stereocenters. The van der Waals surface area contributed by atoms with Gasteiger partial charge in [0.25, 0.3) is 0 Å². The molecule has 0 saturated carbocycles. The molecule has 2 atom stereocenters. The maximum Gasteiger partial charge on any atom is 0.407 e. The summed E-state index contributed by atoms with van der Waals surface area (Å²) < 4.78 is 5.24. The van der Waals surface area contributed by atoms with Crippen LogP contribution in [0.2, 0.25) is 0 Å². The maximum absolute atomic E-state index is 11.7. The van der Waals surface area contributed by atoms with Crippen molar-refractivity contribution in [1.29, 1.82) is 0 Å². The molecule has 1 amide bonds. The molecule has 0 aromatic carbocycles. The first-order chi connectivity index (χ1) is 9.65. The van der Waals surface area contributed by atoms with Crippen LogP contribution in [0, 0.1) is 5.41 Å². The highest BCUT2D eigenvalue weighted by Crippen LogP contribution is 2.18. The van der Waals surface area contributed by atoms with E-state index in [-0.39, 0.29) is 24.2 Å². The molecule has 126 valence electrons. The summed E-state index contributed by atoms with van der Waals surface area (Å²) in [5.41, 5.74) is -0.590. The van der Waals surface area contributed by atoms with Crippen LogP contribution in [0.25, 0.3) is 0 Å². The van der Waals surface area contributed by atoms with E-state index in [1.807, 2.05) is 20.8 Å². The molecule has 0 heterocycles. The van der Waals surface area contributed by atoms with Crippen molar-refractivity contribution < 1.29 is 14.6 Å². The normalized spacial score (nSPS) is 16.1. The van der Waals surface area contributed by atoms with Gasteiger partial charge in [0.15, 0.2) is 0 Å². The summed E-state index contributed by atoms with van der Waals surface area (Å²) >= 11 is 0. The van der Waals surface area contributed by atoms with E-state index >= 15 is 0 Å². The Morgan fingerprint density at radius 1 is 1.24 bits per heavy atom. The summed E-state index contributed by atoms with van der Waals surface area (Å²) in [6.07, 6.45) is 2.54. The van der Waals surface area contributed by atoms with Gasteiger partial charge in [-0.3, -0.25) is 0 Å². The number of aliphatic hydroxyl groups excluding tert-OH is 1. The van der Waals surface area contributed by atoms with Crippen molar-refractivity contribution in [2.24, 2.45) is 5.41 Å². The van der Waals surface area contributed by atoms with Gasteiger partial charge >= 0.3 is 6.09 Å². The van der Waals surface area contributed by atoms with Crippen molar-refractivity contribution in [2.75, 3.05) is 19.7 Å². The first kappa shape index (κ1) is 20.2. The fraction of sp³-hybridized carbons (Fsp3) is 0.938. The van der Waals surface area contributed by atoms with Crippen LogP contribution in [0.15, 0.2) is 0 Å². The van der Waals surface area contributed by atoms with E-state index in [0.717, 1.165) is 25.8 Å². The minimum atomic E-state index is -0.477. The van der Waals surface area contributed by atoms with Crippen LogP contribution in [-0.2, 0) is 4.74 Å². The average molecular weight is 302 g/mol. The number of ether oxygens (including phenoxy) is 1. The predicted molar refractivity (Wildman–Crippen MR) is 86.4 cm³/mol. The molecule has 0 saturated heterocycles. The van der Waals surface area contributed by atoms with Crippen molar-refractivity contribution >= 4 is 6.09 Å². The van der Waals surface area contributed by atoms with Crippen LogP contribution in [0.4, 0.5) is 4.79 Å². The first-order valence-electron chi connectivity index (χ1n) is 7.97. The van der Waals surface area contributed by atoms with Gasteiger partial charge in [-0.05, 0) is 33.6 Å². The Bertz CT molecular complexity index is 296. The number of hydrogen-bond donors (Lipinski definition) is 3. The Morgan fingerprint density at radius 3 is 2.29 bits per heavy atom. The van der Waals surface area contributed by atoms with Gasteiger partial charge in [0.2, 0.25) is 0 Å². The lowest BCUT2D eigenvalue weighted by atomic mass is 9.88. The standard InChI is InChI=1S/C16H34N2O3/c1-7-9-13(18-11-16(6,8-2)12-19)10-17-14(20)21-15(3,4)5/h13,18-19H,7-12H2,1-6H3,(H,17,20). The molecule has 0 aliphatic rings. The number of carbonyl (C=O) groups is 1. The smallest absolute Gasteiger partial charge is 0.407 e. The molecule has 21 heavy (non-hydrogen) atoms. The fourth-order valence-corrected chi connectivity index (χ4v) is 1.83. The Labute approximate surface area is 129 Å². The van der Waals surface area contributed by atoms with E-state index in [4.69, 9.17) is 4.74 Å². The number of amides is 1. The number of aliphatic hydroxyl groups is 1. The number of hydrogen-bond acceptors (Lipinski definition) is 4. The van der Waals surface area contributed by atoms with Crippen LogP contribution in [-0.4, -0.2) is 42.5 Å². The molecule has 0 bridgehead atoms. The zero-order valence-corrected chi connectivity index (χ0v) is 14.6. The Balaban J connectivity index is 4.28. The zero-order valence-electron chi connectivity index (χ0n) is 14.6. The Morgan fingerprint density at radius 2 is 1.86 bits per heavy atom. The van der Waals surface area contributed by atoms with Crippen LogP contribution in [0.5, 0.6) is 0 Å². The highest BCUT2D eigenvalue weighted by atomic mass is 16.6. The average Bonchev–Trinajstić information content (AvgIpc) is 2.39. The minimum absolute atomic E-state index is 0.113. The predicted octanol–water partition coefficient (Wildman–Crippen LogP) is 2.68. The van der Waals surface area contributed by atoms with Gasteiger partial charge in [0.05, 0.1) is 0 Å². The van der Waals surface area contributed by atoms with Gasteiger partial charge in [-0.1, -0.05) is 27.2 Å². The molecule has 0 spiro atoms. The second-order valence-corrected chi connectivity index (χ2v) is 7.07. The topological polar surface area (TPSA) is 70.6 Å². The van der Waals surface area contributed by atoms with Gasteiger partial charge in [0, 0.05) is 31.2 Å². The van der Waals surface area contributed by atoms with E-state index in [0.29, 0.717) is 6.54 Å². The first-order valence-corrected chi connectivity index (χ1v) is 7.97. The zero-order chi connectivity index (χ0) is 16.5. The summed E-state index contributed by atoms with van der Waals surface area (Å²) in [5.74, 6) is 0. The summed E-state index contributed by atoms with van der Waals surface area (Å²) in [7, 11) is 0. The number of nitrogens with one attached hydrogen (secondary N) is 2. The van der Waals surface area contributed by atoms with Crippen molar-refractivity contribution in [3.8, 4) is 0 Å². The molecule has 0 aliphatic heterocycles. The van der Waals surface area contributed by atoms with E-state index in [1.54, 1.807) is 0 Å². The molecular formula is C16H34N2O3. The molecule has 0 aliphatic carbocycles. The SMILES string of the molecule is CCCC(CNC(=O)OC(C)(C)C)NCC(C)(CC)CO. The third kappa shape index (κ3) is 9.69. The molecule has 5 nitrogen and oxygen atoms in total. The molecule has 0 aromatic heterocycles. The van der Waals surface area contributed by atoms with Crippen molar-refractivity contribution in [1.82, 2.24) is 10.6 Å². The summed E-state index contributed by atoms with van der Waals surface area (Å²) in [6.45, 7) is 13.2. The second-order valence-electron chi connectivity index (χ2n) is 7.07. The van der Waals surface area contributed by atoms with Crippen LogP contribution >= 0.6 is 0 Å². The summed E-state index contributed by atoms with van der Waals surface area (Å²) in [6, 6.07) is 0.194. The number of rotatable bonds is 9. The monoisotopic (exact) mass is 302 g/mol. The lowest BCUT2D eigenvalue weighted by Gasteiger charge is -2.29. The van der Waals surface area contributed by atoms with Crippen LogP contribution in [0.1, 0.15) is 60.8 Å². The van der Waals surface area contributed by atoms with E-state index in [1.165, 1.54) is 0 Å². The summed E-state index contributed by atoms with van der Waals surface area (Å²) in [5, 5.41) is 15.7. The number of alkyl carbamates (subject to hydrolysis) is 1. The van der Waals surface area contributed by atoms with Gasteiger partial charge in [-0.15, -0.1) is 0 Å². The van der Waals surface area contributed by atoms with Gasteiger partial charge in [0.1, 0.15) is 5.60 Å². The van der Waals surface area contributed by atoms with E-state index in [9.17, 15) is 9.90 Å². The highest BCUT2D eigenvalue weighted by Gasteiger charge is 2.23. The quantitative estimate of drug-likeness (QED) is 0.612. The van der Waals surface area contributed by atoms with Crippen molar-refractivity contribution in [3.63, 3.8) is 0 Å². The third-order valence-electron chi connectivity index (χ3n) is 3.58. The fourth-order valence-electron chi connectivity index (χ4n) is 1.83. The Hall–Kier alpha value is -0.810. The molecule has 3 N–H and O–H groups in total. The Kier molecular flexibility index (Phi) is 8.90. The lowest BCUT2D eigenvalue weighted by molar-refractivity contribution is 0.0519. The van der Waals surface area contributed by atoms with E-state index in [2.05, 4.69) is 31.4 Å². The van der Waals surface area contributed by atoms with Crippen molar-refractivity contribution in [3.05, 3.63) is 0 Å². The second kappa shape index (κ2) is 9.26. The molecule has 0 radical (unpaired) electrons. The third-order valence-corrected chi connectivity index (χ3v) is 3.58. The molecule has 0 aromatic rings. The van der Waals surface area contributed by atoms with Gasteiger partial charge in [-0.2, -0.15) is 0 Å². The van der Waals surface area contributed by atoms with Gasteiger partial charge < -0.3 is 20.5 Å². The summed E-state index contributed by atoms with van der Waals surface area (Å²) in [4.78, 5) is 11.7. The lowest BCUT2D eigenvalue weighted by Crippen LogP contribution is -2.46. The van der Waals surface area contributed by atoms with Gasteiger partial charge in [-0.25, -0.2) is 4.79 Å². The maximum atomic E-state index is 11.7. The molecule has 0 rings (SSSR count). The van der Waals surface area contributed by atoms with Crippen LogP contribution in [0.3, 0.4) is 0 Å².